The molecule has 0 spiro atoms. The van der Waals surface area contributed by atoms with Gasteiger partial charge in [-0.05, 0) is 32.1 Å². The number of carbonyl (C=O) groups excluding carboxylic acids is 1. The normalized spacial score (nSPS) is 19.2. The minimum atomic E-state index is -0.380. The third kappa shape index (κ3) is 4.71. The summed E-state index contributed by atoms with van der Waals surface area (Å²) in [4.78, 5) is 11.5. The van der Waals surface area contributed by atoms with Crippen LogP contribution in [0.1, 0.15) is 52.4 Å². The van der Waals surface area contributed by atoms with Gasteiger partial charge in [-0.2, -0.15) is 0 Å². The summed E-state index contributed by atoms with van der Waals surface area (Å²) in [6.07, 6.45) is 7.36. The van der Waals surface area contributed by atoms with E-state index in [4.69, 9.17) is 5.73 Å². The van der Waals surface area contributed by atoms with Crippen LogP contribution in [0.3, 0.4) is 0 Å². The molecule has 2 atom stereocenters. The van der Waals surface area contributed by atoms with Gasteiger partial charge >= 0.3 is 0 Å². The summed E-state index contributed by atoms with van der Waals surface area (Å²) in [6.45, 7) is 3.93. The maximum absolute atomic E-state index is 11.5. The van der Waals surface area contributed by atoms with Gasteiger partial charge in [0.25, 0.3) is 0 Å². The van der Waals surface area contributed by atoms with E-state index in [2.05, 4.69) is 12.2 Å². The van der Waals surface area contributed by atoms with Crippen molar-refractivity contribution in [3.8, 4) is 0 Å². The second-order valence-electron chi connectivity index (χ2n) is 4.74. The largest absolute Gasteiger partial charge is 0.352 e. The van der Waals surface area contributed by atoms with Crippen molar-refractivity contribution in [2.45, 2.75) is 64.5 Å². The molecule has 1 saturated carbocycles. The van der Waals surface area contributed by atoms with Crippen molar-refractivity contribution in [3.63, 3.8) is 0 Å². The first-order valence-electron chi connectivity index (χ1n) is 6.21. The third-order valence-electron chi connectivity index (χ3n) is 3.33. The lowest BCUT2D eigenvalue weighted by molar-refractivity contribution is -0.123. The molecule has 3 nitrogen and oxygen atoms in total. The van der Waals surface area contributed by atoms with Crippen LogP contribution in [0.2, 0.25) is 0 Å². The molecule has 1 aliphatic rings. The zero-order chi connectivity index (χ0) is 11.3. The van der Waals surface area contributed by atoms with Crippen molar-refractivity contribution in [1.82, 2.24) is 5.32 Å². The van der Waals surface area contributed by atoms with Crippen molar-refractivity contribution in [2.75, 3.05) is 0 Å². The summed E-state index contributed by atoms with van der Waals surface area (Å²) >= 11 is 0. The van der Waals surface area contributed by atoms with Gasteiger partial charge in [-0.25, -0.2) is 0 Å². The molecule has 0 radical (unpaired) electrons. The Balaban J connectivity index is 0.00000225. The fourth-order valence-corrected chi connectivity index (χ4v) is 2.01. The van der Waals surface area contributed by atoms with Crippen LogP contribution >= 0.6 is 12.4 Å². The molecule has 96 valence electrons. The van der Waals surface area contributed by atoms with E-state index in [1.807, 2.05) is 0 Å². The van der Waals surface area contributed by atoms with Gasteiger partial charge in [-0.3, -0.25) is 4.79 Å². The molecule has 1 rings (SSSR count). The number of hydrogen-bond donors (Lipinski definition) is 2. The Morgan fingerprint density at radius 1 is 1.50 bits per heavy atom. The lowest BCUT2D eigenvalue weighted by Gasteiger charge is -2.34. The van der Waals surface area contributed by atoms with Gasteiger partial charge < -0.3 is 11.1 Å². The van der Waals surface area contributed by atoms with Gasteiger partial charge in [-0.15, -0.1) is 12.4 Å². The van der Waals surface area contributed by atoms with Gasteiger partial charge in [0.2, 0.25) is 5.91 Å². The van der Waals surface area contributed by atoms with Crippen LogP contribution < -0.4 is 11.1 Å². The first-order valence-corrected chi connectivity index (χ1v) is 6.21. The van der Waals surface area contributed by atoms with E-state index in [9.17, 15) is 4.79 Å². The van der Waals surface area contributed by atoms with E-state index < -0.39 is 0 Å². The van der Waals surface area contributed by atoms with E-state index in [1.54, 1.807) is 6.92 Å². The molecule has 1 aliphatic carbocycles. The van der Waals surface area contributed by atoms with Gasteiger partial charge in [-0.1, -0.05) is 26.2 Å². The Morgan fingerprint density at radius 3 is 2.50 bits per heavy atom. The molecule has 0 bridgehead atoms. The highest BCUT2D eigenvalue weighted by Crippen LogP contribution is 2.31. The van der Waals surface area contributed by atoms with E-state index in [1.165, 1.54) is 32.1 Å². The molecule has 1 fully saturated rings. The number of halogens is 1. The predicted octanol–water partition coefficient (Wildman–Crippen LogP) is 2.23. The molecule has 0 aromatic carbocycles. The van der Waals surface area contributed by atoms with Crippen LogP contribution in [0.15, 0.2) is 0 Å². The van der Waals surface area contributed by atoms with Gasteiger partial charge in [0.05, 0.1) is 6.04 Å². The Labute approximate surface area is 105 Å². The number of hydrogen-bond acceptors (Lipinski definition) is 2. The topological polar surface area (TPSA) is 55.1 Å². The summed E-state index contributed by atoms with van der Waals surface area (Å²) in [5.41, 5.74) is 5.56. The highest BCUT2D eigenvalue weighted by molar-refractivity contribution is 5.85. The quantitative estimate of drug-likeness (QED) is 0.758. The van der Waals surface area contributed by atoms with Crippen LogP contribution in [0.4, 0.5) is 0 Å². The summed E-state index contributed by atoms with van der Waals surface area (Å²) < 4.78 is 0. The lowest BCUT2D eigenvalue weighted by Crippen LogP contribution is -2.48. The van der Waals surface area contributed by atoms with Crippen LogP contribution in [0, 0.1) is 5.92 Å². The van der Waals surface area contributed by atoms with Crippen molar-refractivity contribution in [1.29, 1.82) is 0 Å². The van der Waals surface area contributed by atoms with Crippen LogP contribution in [0.25, 0.3) is 0 Å². The molecular weight excluding hydrogens is 224 g/mol. The lowest BCUT2D eigenvalue weighted by atomic mass is 9.78. The van der Waals surface area contributed by atoms with E-state index in [-0.39, 0.29) is 24.4 Å². The second kappa shape index (κ2) is 7.91. The van der Waals surface area contributed by atoms with Crippen LogP contribution in [-0.4, -0.2) is 18.0 Å². The molecule has 3 N–H and O–H groups in total. The van der Waals surface area contributed by atoms with E-state index in [0.717, 1.165) is 6.42 Å². The van der Waals surface area contributed by atoms with E-state index in [0.29, 0.717) is 12.0 Å². The zero-order valence-corrected chi connectivity index (χ0v) is 11.2. The highest BCUT2D eigenvalue weighted by atomic mass is 35.5. The monoisotopic (exact) mass is 248 g/mol. The van der Waals surface area contributed by atoms with E-state index >= 15 is 0 Å². The summed E-state index contributed by atoms with van der Waals surface area (Å²) in [5.74, 6) is 0.710. The Bertz CT molecular complexity index is 205. The summed E-state index contributed by atoms with van der Waals surface area (Å²) in [5, 5.41) is 3.09. The fourth-order valence-electron chi connectivity index (χ4n) is 2.01. The Kier molecular flexibility index (Phi) is 7.77. The van der Waals surface area contributed by atoms with Crippen molar-refractivity contribution in [3.05, 3.63) is 0 Å². The molecule has 0 saturated heterocycles. The molecule has 0 heterocycles. The maximum Gasteiger partial charge on any atom is 0.236 e. The predicted molar refractivity (Wildman–Crippen MR) is 69.7 cm³/mol. The van der Waals surface area contributed by atoms with Gasteiger partial charge in [0, 0.05) is 6.04 Å². The second-order valence-corrected chi connectivity index (χ2v) is 4.74. The Morgan fingerprint density at radius 2 is 2.12 bits per heavy atom. The molecule has 1 amide bonds. The SMILES string of the molecule is CCCCC(NC(=O)[C@H](C)N)C1CCC1.Cl. The Hall–Kier alpha value is -0.280. The average molecular weight is 249 g/mol. The standard InChI is InChI=1S/C12H24N2O.ClH/c1-3-4-8-11(10-6-5-7-10)14-12(15)9(2)13;/h9-11H,3-8,13H2,1-2H3,(H,14,15);1H/t9-,11?;/m0./s1. The smallest absolute Gasteiger partial charge is 0.236 e. The first kappa shape index (κ1) is 15.7. The van der Waals surface area contributed by atoms with Gasteiger partial charge in [0.15, 0.2) is 0 Å². The molecule has 4 heteroatoms. The molecule has 0 aromatic rings. The maximum atomic E-state index is 11.5. The van der Waals surface area contributed by atoms with Crippen LogP contribution in [0.5, 0.6) is 0 Å². The number of amides is 1. The minimum absolute atomic E-state index is 0. The highest BCUT2D eigenvalue weighted by Gasteiger charge is 2.28. The number of rotatable bonds is 6. The first-order chi connectivity index (χ1) is 7.15. The fraction of sp³-hybridized carbons (Fsp3) is 0.917. The molecular formula is C12H25ClN2O. The van der Waals surface area contributed by atoms with Crippen molar-refractivity contribution in [2.24, 2.45) is 11.7 Å². The molecule has 1 unspecified atom stereocenters. The molecule has 0 aromatic heterocycles. The zero-order valence-electron chi connectivity index (χ0n) is 10.4. The van der Waals surface area contributed by atoms with Gasteiger partial charge in [0.1, 0.15) is 0 Å². The van der Waals surface area contributed by atoms with Crippen molar-refractivity contribution >= 4 is 18.3 Å². The minimum Gasteiger partial charge on any atom is -0.352 e. The number of unbranched alkanes of at least 4 members (excludes halogenated alkanes) is 1. The number of nitrogens with one attached hydrogen (secondary N) is 1. The summed E-state index contributed by atoms with van der Waals surface area (Å²) in [6, 6.07) is -0.00796. The average Bonchev–Trinajstić information content (AvgIpc) is 2.10. The van der Waals surface area contributed by atoms with Crippen molar-refractivity contribution < 1.29 is 4.79 Å². The van der Waals surface area contributed by atoms with Crippen LogP contribution in [-0.2, 0) is 4.79 Å². The molecule has 16 heavy (non-hydrogen) atoms. The third-order valence-corrected chi connectivity index (χ3v) is 3.33. The number of nitrogens with two attached hydrogens (primary N) is 1. The molecule has 0 aliphatic heterocycles. The summed E-state index contributed by atoms with van der Waals surface area (Å²) in [7, 11) is 0. The number of carbonyl (C=O) groups is 1.